The van der Waals surface area contributed by atoms with E-state index in [1.807, 2.05) is 90.3 Å². The van der Waals surface area contributed by atoms with Crippen LogP contribution in [0.25, 0.3) is 10.8 Å². The molecule has 5 N–H and O–H groups in total. The molecule has 3 aromatic carbocycles. The van der Waals surface area contributed by atoms with E-state index in [4.69, 9.17) is 10.6 Å². The number of hydrogen-bond donors (Lipinski definition) is 4. The molecule has 0 radical (unpaired) electrons. The molecule has 9 heteroatoms. The van der Waals surface area contributed by atoms with Crippen LogP contribution in [0.3, 0.4) is 0 Å². The number of carbonyl (C=O) groups is 3. The van der Waals surface area contributed by atoms with E-state index in [0.29, 0.717) is 0 Å². The molecule has 0 aliphatic carbocycles. The van der Waals surface area contributed by atoms with Gasteiger partial charge in [-0.05, 0) is 33.3 Å². The highest BCUT2D eigenvalue weighted by molar-refractivity contribution is 7.09. The molecule has 1 aromatic heterocycles. The maximum absolute atomic E-state index is 13.5. The van der Waals surface area contributed by atoms with Crippen LogP contribution in [0.2, 0.25) is 0 Å². The number of benzene rings is 3. The van der Waals surface area contributed by atoms with E-state index in [2.05, 4.69) is 16.1 Å². The van der Waals surface area contributed by atoms with Crippen LogP contribution in [0, 0.1) is 0 Å². The van der Waals surface area contributed by atoms with Crippen LogP contribution in [0.4, 0.5) is 4.79 Å². The first-order valence-corrected chi connectivity index (χ1v) is 12.7. The number of amides is 3. The summed E-state index contributed by atoms with van der Waals surface area (Å²) >= 11 is 1.47. The first-order chi connectivity index (χ1) is 18.0. The Morgan fingerprint density at radius 2 is 1.51 bits per heavy atom. The second kappa shape index (κ2) is 12.7. The number of alkyl carbamates (subject to hydrolysis) is 1. The third-order valence-electron chi connectivity index (χ3n) is 5.89. The fourth-order valence-corrected chi connectivity index (χ4v) is 4.77. The minimum atomic E-state index is -0.995. The van der Waals surface area contributed by atoms with Crippen molar-refractivity contribution in [2.45, 2.75) is 31.5 Å². The molecule has 3 amide bonds. The molecule has 0 saturated heterocycles. The van der Waals surface area contributed by atoms with Crippen molar-refractivity contribution >= 4 is 40.0 Å². The summed E-state index contributed by atoms with van der Waals surface area (Å²) in [6.45, 7) is 0.0614. The maximum atomic E-state index is 13.5. The van der Waals surface area contributed by atoms with Crippen LogP contribution in [0.15, 0.2) is 90.3 Å². The zero-order chi connectivity index (χ0) is 26.0. The number of fused-ring (bicyclic) bond motifs is 1. The molecular weight excluding hydrogens is 488 g/mol. The lowest BCUT2D eigenvalue weighted by atomic mass is 9.98. The van der Waals surface area contributed by atoms with Gasteiger partial charge in [0.05, 0.1) is 0 Å². The van der Waals surface area contributed by atoms with Gasteiger partial charge in [-0.2, -0.15) is 0 Å². The van der Waals surface area contributed by atoms with Crippen LogP contribution in [-0.2, 0) is 33.8 Å². The number of nitrogens with two attached hydrogens (primary N) is 1. The fraction of sp³-hybridized carbons (Fsp3) is 0.179. The predicted octanol–water partition coefficient (Wildman–Crippen LogP) is 3.46. The molecule has 0 fully saturated rings. The van der Waals surface area contributed by atoms with Gasteiger partial charge in [0.2, 0.25) is 5.91 Å². The zero-order valence-corrected chi connectivity index (χ0v) is 20.9. The lowest BCUT2D eigenvalue weighted by Crippen LogP contribution is -2.56. The SMILES string of the molecule is NNC(=O)C(Cc1cccs1)NC(=O)[C@H](Cc1cccc2ccccc12)NC(=O)OCc1ccccc1. The van der Waals surface area contributed by atoms with Gasteiger partial charge < -0.3 is 15.4 Å². The van der Waals surface area contributed by atoms with Gasteiger partial charge in [-0.1, -0.05) is 78.9 Å². The molecule has 0 saturated carbocycles. The monoisotopic (exact) mass is 516 g/mol. The molecule has 4 rings (SSSR count). The number of ether oxygens (including phenoxy) is 1. The van der Waals surface area contributed by atoms with Crippen molar-refractivity contribution < 1.29 is 19.1 Å². The van der Waals surface area contributed by atoms with Crippen molar-refractivity contribution in [1.82, 2.24) is 16.1 Å². The number of thiophene rings is 1. The van der Waals surface area contributed by atoms with Gasteiger partial charge in [0.15, 0.2) is 0 Å². The molecule has 0 aliphatic heterocycles. The topological polar surface area (TPSA) is 123 Å². The van der Waals surface area contributed by atoms with E-state index in [0.717, 1.165) is 26.8 Å². The third kappa shape index (κ3) is 7.16. The summed E-state index contributed by atoms with van der Waals surface area (Å²) in [6, 6.07) is 24.7. The highest BCUT2D eigenvalue weighted by Crippen LogP contribution is 2.20. The minimum absolute atomic E-state index is 0.0614. The highest BCUT2D eigenvalue weighted by Gasteiger charge is 2.28. The second-order valence-corrected chi connectivity index (χ2v) is 9.49. The standard InChI is InChI=1S/C28H28N4O4S/c29-32-27(34)25(17-22-13-7-15-37-22)30-26(33)24(31-28(35)36-18-19-8-2-1-3-9-19)16-21-12-6-11-20-10-4-5-14-23(20)21/h1-15,24-25H,16-18,29H2,(H,30,33)(H,31,35)(H,32,34)/t24-,25?/m0/s1. The average molecular weight is 517 g/mol. The lowest BCUT2D eigenvalue weighted by Gasteiger charge is -2.23. The molecule has 2 atom stereocenters. The summed E-state index contributed by atoms with van der Waals surface area (Å²) in [5, 5.41) is 9.32. The number of rotatable bonds is 10. The number of hydrazine groups is 1. The largest absolute Gasteiger partial charge is 0.445 e. The Kier molecular flexibility index (Phi) is 8.85. The van der Waals surface area contributed by atoms with Crippen molar-refractivity contribution in [2.75, 3.05) is 0 Å². The van der Waals surface area contributed by atoms with Gasteiger partial charge in [0, 0.05) is 17.7 Å². The van der Waals surface area contributed by atoms with E-state index in [1.54, 1.807) is 0 Å². The van der Waals surface area contributed by atoms with Gasteiger partial charge in [0.25, 0.3) is 5.91 Å². The van der Waals surface area contributed by atoms with Crippen LogP contribution in [0.1, 0.15) is 16.0 Å². The summed E-state index contributed by atoms with van der Waals surface area (Å²) in [6.07, 6.45) is -0.266. The molecule has 37 heavy (non-hydrogen) atoms. The smallest absolute Gasteiger partial charge is 0.408 e. The number of hydrogen-bond acceptors (Lipinski definition) is 6. The molecule has 8 nitrogen and oxygen atoms in total. The van der Waals surface area contributed by atoms with Crippen molar-refractivity contribution in [3.63, 3.8) is 0 Å². The van der Waals surface area contributed by atoms with Crippen molar-refractivity contribution in [1.29, 1.82) is 0 Å². The Morgan fingerprint density at radius 1 is 0.784 bits per heavy atom. The summed E-state index contributed by atoms with van der Waals surface area (Å²) in [5.74, 6) is 4.33. The molecule has 190 valence electrons. The second-order valence-electron chi connectivity index (χ2n) is 8.45. The van der Waals surface area contributed by atoms with Crippen molar-refractivity contribution in [3.05, 3.63) is 106 Å². The summed E-state index contributed by atoms with van der Waals surface area (Å²) in [7, 11) is 0. The first kappa shape index (κ1) is 25.9. The molecule has 0 bridgehead atoms. The summed E-state index contributed by atoms with van der Waals surface area (Å²) in [5.41, 5.74) is 3.81. The Bertz CT molecular complexity index is 1340. The van der Waals surface area contributed by atoms with Crippen LogP contribution >= 0.6 is 11.3 Å². The lowest BCUT2D eigenvalue weighted by molar-refractivity contribution is -0.130. The van der Waals surface area contributed by atoms with Crippen LogP contribution in [-0.4, -0.2) is 30.0 Å². The van der Waals surface area contributed by atoms with Crippen molar-refractivity contribution in [2.24, 2.45) is 5.84 Å². The van der Waals surface area contributed by atoms with Crippen LogP contribution in [0.5, 0.6) is 0 Å². The third-order valence-corrected chi connectivity index (χ3v) is 6.78. The Hall–Kier alpha value is -4.21. The summed E-state index contributed by atoms with van der Waals surface area (Å²) < 4.78 is 5.37. The number of nitrogens with one attached hydrogen (secondary N) is 3. The first-order valence-electron chi connectivity index (χ1n) is 11.8. The zero-order valence-electron chi connectivity index (χ0n) is 20.1. The van der Waals surface area contributed by atoms with Crippen LogP contribution < -0.4 is 21.9 Å². The quantitative estimate of drug-likeness (QED) is 0.146. The average Bonchev–Trinajstić information content (AvgIpc) is 3.44. The van der Waals surface area contributed by atoms with E-state index in [-0.39, 0.29) is 19.4 Å². The van der Waals surface area contributed by atoms with Gasteiger partial charge in [-0.15, -0.1) is 11.3 Å². The molecule has 0 spiro atoms. The fourth-order valence-electron chi connectivity index (χ4n) is 4.02. The van der Waals surface area contributed by atoms with Gasteiger partial charge in [0.1, 0.15) is 18.7 Å². The van der Waals surface area contributed by atoms with Gasteiger partial charge >= 0.3 is 6.09 Å². The normalized spacial score (nSPS) is 12.4. The predicted molar refractivity (Wildman–Crippen MR) is 143 cm³/mol. The van der Waals surface area contributed by atoms with Gasteiger partial charge in [-0.25, -0.2) is 10.6 Å². The Balaban J connectivity index is 1.53. The Morgan fingerprint density at radius 3 is 2.27 bits per heavy atom. The van der Waals surface area contributed by atoms with E-state index in [1.165, 1.54) is 11.3 Å². The molecule has 1 heterocycles. The van der Waals surface area contributed by atoms with Gasteiger partial charge in [-0.3, -0.25) is 15.0 Å². The van der Waals surface area contributed by atoms with E-state index in [9.17, 15) is 14.4 Å². The number of carbonyl (C=O) groups excluding carboxylic acids is 3. The summed E-state index contributed by atoms with van der Waals surface area (Å²) in [4.78, 5) is 39.5. The molecule has 0 aliphatic rings. The maximum Gasteiger partial charge on any atom is 0.408 e. The molecule has 4 aromatic rings. The van der Waals surface area contributed by atoms with Crippen molar-refractivity contribution in [3.8, 4) is 0 Å². The highest BCUT2D eigenvalue weighted by atomic mass is 32.1. The van der Waals surface area contributed by atoms with E-state index >= 15 is 0 Å². The Labute approximate surface area is 218 Å². The van der Waals surface area contributed by atoms with E-state index < -0.39 is 30.0 Å². The molecule has 1 unspecified atom stereocenters. The molecular formula is C28H28N4O4S. The minimum Gasteiger partial charge on any atom is -0.445 e.